The predicted octanol–water partition coefficient (Wildman–Crippen LogP) is 0.926. The predicted molar refractivity (Wildman–Crippen MR) is 48.5 cm³/mol. The molecule has 0 aliphatic carbocycles. The van der Waals surface area contributed by atoms with Crippen molar-refractivity contribution in [3.8, 4) is 0 Å². The van der Waals surface area contributed by atoms with E-state index in [0.29, 0.717) is 13.2 Å². The van der Waals surface area contributed by atoms with Crippen molar-refractivity contribution >= 4 is 0 Å². The normalized spacial score (nSPS) is 25.2. The molecule has 90 valence electrons. The Morgan fingerprint density at radius 1 is 1.47 bits per heavy atom. The summed E-state index contributed by atoms with van der Waals surface area (Å²) in [6.07, 6.45) is -4.89. The number of halogens is 3. The average molecular weight is 227 g/mol. The Bertz CT molecular complexity index is 181. The molecule has 0 aromatic carbocycles. The van der Waals surface area contributed by atoms with Crippen molar-refractivity contribution in [3.63, 3.8) is 0 Å². The van der Waals surface area contributed by atoms with Gasteiger partial charge in [0.1, 0.15) is 0 Å². The van der Waals surface area contributed by atoms with E-state index in [1.54, 1.807) is 0 Å². The number of aliphatic hydroxyl groups excluding tert-OH is 1. The lowest BCUT2D eigenvalue weighted by Crippen LogP contribution is -2.40. The number of hydrogen-bond donors (Lipinski definition) is 2. The van der Waals surface area contributed by atoms with Crippen LogP contribution in [-0.2, 0) is 4.74 Å². The molecule has 2 N–H and O–H groups in total. The Balaban J connectivity index is 2.10. The molecular formula is C9H16F3NO2. The van der Waals surface area contributed by atoms with E-state index in [0.717, 1.165) is 19.4 Å². The fourth-order valence-corrected chi connectivity index (χ4v) is 1.51. The highest BCUT2D eigenvalue weighted by Crippen LogP contribution is 2.19. The quantitative estimate of drug-likeness (QED) is 0.750. The van der Waals surface area contributed by atoms with Gasteiger partial charge in [0.05, 0.1) is 6.61 Å². The number of nitrogens with one attached hydrogen (secondary N) is 1. The van der Waals surface area contributed by atoms with Crippen molar-refractivity contribution in [2.45, 2.75) is 25.1 Å². The Labute approximate surface area is 86.6 Å². The van der Waals surface area contributed by atoms with Crippen LogP contribution in [0.5, 0.6) is 0 Å². The van der Waals surface area contributed by atoms with E-state index in [1.165, 1.54) is 0 Å². The van der Waals surface area contributed by atoms with Gasteiger partial charge in [-0.3, -0.25) is 0 Å². The fraction of sp³-hybridized carbons (Fsp3) is 1.00. The Morgan fingerprint density at radius 2 is 2.20 bits per heavy atom. The number of alkyl halides is 3. The minimum absolute atomic E-state index is 0.263. The second-order valence-electron chi connectivity index (χ2n) is 3.80. The lowest BCUT2D eigenvalue weighted by Gasteiger charge is -2.23. The highest BCUT2D eigenvalue weighted by atomic mass is 19.4. The molecule has 1 fully saturated rings. The number of aliphatic hydroxyl groups is 1. The van der Waals surface area contributed by atoms with Gasteiger partial charge in [0, 0.05) is 19.7 Å². The summed E-state index contributed by atoms with van der Waals surface area (Å²) in [5.74, 6) is 0.263. The molecule has 1 heterocycles. The van der Waals surface area contributed by atoms with Gasteiger partial charge >= 0.3 is 6.18 Å². The average Bonchev–Trinajstić information content (AvgIpc) is 2.18. The molecule has 0 saturated carbocycles. The molecule has 2 unspecified atom stereocenters. The van der Waals surface area contributed by atoms with Gasteiger partial charge in [-0.05, 0) is 18.8 Å². The van der Waals surface area contributed by atoms with Crippen LogP contribution in [0, 0.1) is 5.92 Å². The van der Waals surface area contributed by atoms with Gasteiger partial charge in [-0.25, -0.2) is 0 Å². The van der Waals surface area contributed by atoms with Crippen molar-refractivity contribution in [2.75, 3.05) is 26.3 Å². The molecular weight excluding hydrogens is 211 g/mol. The zero-order chi connectivity index (χ0) is 11.3. The summed E-state index contributed by atoms with van der Waals surface area (Å²) in [5.41, 5.74) is 0. The van der Waals surface area contributed by atoms with Gasteiger partial charge in [0.2, 0.25) is 0 Å². The van der Waals surface area contributed by atoms with Gasteiger partial charge < -0.3 is 15.2 Å². The molecule has 1 saturated heterocycles. The maximum atomic E-state index is 11.9. The Morgan fingerprint density at radius 3 is 2.73 bits per heavy atom. The first-order chi connectivity index (χ1) is 7.00. The summed E-state index contributed by atoms with van der Waals surface area (Å²) in [4.78, 5) is 0. The Hall–Kier alpha value is -0.330. The van der Waals surface area contributed by atoms with Gasteiger partial charge in [-0.15, -0.1) is 0 Å². The summed E-state index contributed by atoms with van der Waals surface area (Å²) in [5, 5.41) is 11.3. The second-order valence-corrected chi connectivity index (χ2v) is 3.80. The molecule has 0 amide bonds. The van der Waals surface area contributed by atoms with Crippen molar-refractivity contribution < 1.29 is 23.0 Å². The van der Waals surface area contributed by atoms with E-state index in [4.69, 9.17) is 9.84 Å². The van der Waals surface area contributed by atoms with Crippen molar-refractivity contribution in [2.24, 2.45) is 5.92 Å². The fourth-order valence-electron chi connectivity index (χ4n) is 1.51. The number of ether oxygens (including phenoxy) is 1. The monoisotopic (exact) mass is 227 g/mol. The van der Waals surface area contributed by atoms with Crippen molar-refractivity contribution in [1.29, 1.82) is 0 Å². The minimum Gasteiger partial charge on any atom is -0.382 e. The smallest absolute Gasteiger partial charge is 0.382 e. The first kappa shape index (κ1) is 12.7. The molecule has 2 atom stereocenters. The molecule has 0 bridgehead atoms. The lowest BCUT2D eigenvalue weighted by molar-refractivity contribution is -0.201. The Kier molecular flexibility index (Phi) is 4.82. The molecule has 3 nitrogen and oxygen atoms in total. The third kappa shape index (κ3) is 4.81. The van der Waals surface area contributed by atoms with Gasteiger partial charge in [-0.1, -0.05) is 0 Å². The highest BCUT2D eigenvalue weighted by molar-refractivity contribution is 4.71. The van der Waals surface area contributed by atoms with Crippen LogP contribution in [-0.4, -0.2) is 43.7 Å². The van der Waals surface area contributed by atoms with E-state index in [2.05, 4.69) is 5.32 Å². The first-order valence-corrected chi connectivity index (χ1v) is 5.03. The van der Waals surface area contributed by atoms with Gasteiger partial charge in [0.15, 0.2) is 6.10 Å². The third-order valence-corrected chi connectivity index (χ3v) is 2.40. The van der Waals surface area contributed by atoms with Crippen LogP contribution in [0.4, 0.5) is 13.2 Å². The van der Waals surface area contributed by atoms with Gasteiger partial charge in [0.25, 0.3) is 0 Å². The molecule has 1 aliphatic rings. The van der Waals surface area contributed by atoms with Crippen molar-refractivity contribution in [1.82, 2.24) is 5.32 Å². The van der Waals surface area contributed by atoms with Gasteiger partial charge in [-0.2, -0.15) is 13.2 Å². The zero-order valence-electron chi connectivity index (χ0n) is 8.39. The first-order valence-electron chi connectivity index (χ1n) is 5.03. The summed E-state index contributed by atoms with van der Waals surface area (Å²) in [7, 11) is 0. The summed E-state index contributed by atoms with van der Waals surface area (Å²) in [6.45, 7) is 1.35. The van der Waals surface area contributed by atoms with Crippen LogP contribution >= 0.6 is 0 Å². The highest BCUT2D eigenvalue weighted by Gasteiger charge is 2.37. The zero-order valence-corrected chi connectivity index (χ0v) is 8.39. The van der Waals surface area contributed by atoms with E-state index >= 15 is 0 Å². The molecule has 1 rings (SSSR count). The van der Waals surface area contributed by atoms with Crippen molar-refractivity contribution in [3.05, 3.63) is 0 Å². The molecule has 1 aliphatic heterocycles. The van der Waals surface area contributed by atoms with E-state index in [9.17, 15) is 13.2 Å². The second kappa shape index (κ2) is 5.67. The maximum Gasteiger partial charge on any atom is 0.415 e. The summed E-state index contributed by atoms with van der Waals surface area (Å²) in [6, 6.07) is 0. The molecule has 0 radical (unpaired) electrons. The molecule has 15 heavy (non-hydrogen) atoms. The van der Waals surface area contributed by atoms with Crippen LogP contribution in [0.3, 0.4) is 0 Å². The summed E-state index contributed by atoms with van der Waals surface area (Å²) >= 11 is 0. The van der Waals surface area contributed by atoms with Crippen LogP contribution in [0.2, 0.25) is 0 Å². The SMILES string of the molecule is OC(CNCC1CCCOC1)C(F)(F)F. The van der Waals surface area contributed by atoms with Crippen LogP contribution in [0.25, 0.3) is 0 Å². The maximum absolute atomic E-state index is 11.9. The number of rotatable bonds is 4. The summed E-state index contributed by atoms with van der Waals surface area (Å²) < 4.78 is 40.9. The van der Waals surface area contributed by atoms with E-state index < -0.39 is 18.8 Å². The van der Waals surface area contributed by atoms with Crippen LogP contribution in [0.15, 0.2) is 0 Å². The third-order valence-electron chi connectivity index (χ3n) is 2.40. The number of hydrogen-bond acceptors (Lipinski definition) is 3. The minimum atomic E-state index is -4.53. The lowest BCUT2D eigenvalue weighted by atomic mass is 10.0. The molecule has 0 aromatic heterocycles. The molecule has 0 spiro atoms. The standard InChI is InChI=1S/C9H16F3NO2/c10-9(11,12)8(14)5-13-4-7-2-1-3-15-6-7/h7-8,13-14H,1-6H2. The molecule has 6 heteroatoms. The van der Waals surface area contributed by atoms with E-state index in [1.807, 2.05) is 0 Å². The topological polar surface area (TPSA) is 41.5 Å². The van der Waals surface area contributed by atoms with E-state index in [-0.39, 0.29) is 5.92 Å². The van der Waals surface area contributed by atoms with Crippen LogP contribution < -0.4 is 5.32 Å². The largest absolute Gasteiger partial charge is 0.415 e. The molecule has 0 aromatic rings. The van der Waals surface area contributed by atoms with Crippen LogP contribution in [0.1, 0.15) is 12.8 Å².